The van der Waals surface area contributed by atoms with E-state index in [1.54, 1.807) is 38.0 Å². The van der Waals surface area contributed by atoms with Crippen LogP contribution in [0.5, 0.6) is 5.75 Å². The van der Waals surface area contributed by atoms with Gasteiger partial charge < -0.3 is 24.5 Å². The molecule has 2 N–H and O–H groups in total. The zero-order chi connectivity index (χ0) is 29.2. The minimum atomic E-state index is -0.331. The molecule has 1 fully saturated rings. The number of anilines is 2. The molecule has 0 saturated heterocycles. The quantitative estimate of drug-likeness (QED) is 0.193. The van der Waals surface area contributed by atoms with Crippen molar-refractivity contribution in [2.45, 2.75) is 45.2 Å². The number of benzene rings is 2. The van der Waals surface area contributed by atoms with Crippen LogP contribution in [0, 0.1) is 0 Å². The largest absolute Gasteiger partial charge is 0.497 e. The van der Waals surface area contributed by atoms with Crippen molar-refractivity contribution in [3.05, 3.63) is 95.3 Å². The summed E-state index contributed by atoms with van der Waals surface area (Å²) in [6, 6.07) is 16.9. The standard InChI is InChI=1S/C31H31ClN8O2/c1-19(2)40-18-35-38-30(40)25-5-4-6-29(36-25)37-31(41)23-13-28(39-16-27(34-17-39)21-9-10-21)24(32)14-26(23)33-15-20-7-11-22(42-3)12-8-20/h4-8,11-14,16-19,21,33H,9-10,15H2,1-3H3,(H,36,37,41). The van der Waals surface area contributed by atoms with Crippen LogP contribution in [0.3, 0.4) is 0 Å². The van der Waals surface area contributed by atoms with Gasteiger partial charge in [-0.05, 0) is 68.7 Å². The zero-order valence-corrected chi connectivity index (χ0v) is 24.3. The highest BCUT2D eigenvalue weighted by molar-refractivity contribution is 6.33. The van der Waals surface area contributed by atoms with Crippen molar-refractivity contribution in [1.82, 2.24) is 29.3 Å². The number of hydrogen-bond acceptors (Lipinski definition) is 7. The Balaban J connectivity index is 1.31. The van der Waals surface area contributed by atoms with Gasteiger partial charge in [-0.15, -0.1) is 10.2 Å². The lowest BCUT2D eigenvalue weighted by molar-refractivity contribution is 0.102. The number of rotatable bonds is 10. The lowest BCUT2D eigenvalue weighted by Gasteiger charge is -2.16. The molecule has 2 aromatic carbocycles. The summed E-state index contributed by atoms with van der Waals surface area (Å²) in [7, 11) is 1.63. The molecule has 0 atom stereocenters. The number of carbonyl (C=O) groups excluding carboxylic acids is 1. The Kier molecular flexibility index (Phi) is 7.62. The second-order valence-corrected chi connectivity index (χ2v) is 11.0. The topological polar surface area (TPSA) is 112 Å². The van der Waals surface area contributed by atoms with Crippen molar-refractivity contribution in [1.29, 1.82) is 0 Å². The monoisotopic (exact) mass is 582 g/mol. The maximum Gasteiger partial charge on any atom is 0.258 e. The highest BCUT2D eigenvalue weighted by Gasteiger charge is 2.26. The van der Waals surface area contributed by atoms with Gasteiger partial charge >= 0.3 is 0 Å². The number of carbonyl (C=O) groups is 1. The Morgan fingerprint density at radius 3 is 2.67 bits per heavy atom. The van der Waals surface area contributed by atoms with Crippen molar-refractivity contribution in [3.63, 3.8) is 0 Å². The number of ether oxygens (including phenoxy) is 1. The molecule has 1 aliphatic carbocycles. The van der Waals surface area contributed by atoms with Crippen molar-refractivity contribution >= 4 is 29.0 Å². The average molecular weight is 583 g/mol. The Bertz CT molecular complexity index is 1720. The summed E-state index contributed by atoms with van der Waals surface area (Å²) in [4.78, 5) is 23.0. The molecule has 0 spiro atoms. The van der Waals surface area contributed by atoms with Crippen LogP contribution >= 0.6 is 11.6 Å². The van der Waals surface area contributed by atoms with E-state index in [-0.39, 0.29) is 11.9 Å². The van der Waals surface area contributed by atoms with E-state index in [0.29, 0.717) is 51.8 Å². The van der Waals surface area contributed by atoms with E-state index < -0.39 is 0 Å². The van der Waals surface area contributed by atoms with Crippen LogP contribution in [0.15, 0.2) is 73.4 Å². The highest BCUT2D eigenvalue weighted by Crippen LogP contribution is 2.39. The van der Waals surface area contributed by atoms with E-state index >= 15 is 0 Å². The van der Waals surface area contributed by atoms with Gasteiger partial charge in [0.15, 0.2) is 5.82 Å². The van der Waals surface area contributed by atoms with Gasteiger partial charge in [-0.25, -0.2) is 9.97 Å². The molecule has 0 radical (unpaired) electrons. The van der Waals surface area contributed by atoms with Crippen molar-refractivity contribution in [2.24, 2.45) is 0 Å². The van der Waals surface area contributed by atoms with Crippen LogP contribution in [0.4, 0.5) is 11.5 Å². The lowest BCUT2D eigenvalue weighted by atomic mass is 10.1. The predicted octanol–water partition coefficient (Wildman–Crippen LogP) is 6.51. The third-order valence-corrected chi connectivity index (χ3v) is 7.50. The molecule has 42 heavy (non-hydrogen) atoms. The molecule has 0 aliphatic heterocycles. The third kappa shape index (κ3) is 5.84. The van der Waals surface area contributed by atoms with E-state index in [2.05, 4.69) is 30.8 Å². The van der Waals surface area contributed by atoms with Crippen LogP contribution < -0.4 is 15.4 Å². The van der Waals surface area contributed by atoms with Crippen LogP contribution in [0.25, 0.3) is 17.2 Å². The molecule has 0 bridgehead atoms. The lowest BCUT2D eigenvalue weighted by Crippen LogP contribution is -2.17. The average Bonchev–Trinajstić information content (AvgIpc) is 3.51. The number of hydrogen-bond donors (Lipinski definition) is 2. The van der Waals surface area contributed by atoms with Crippen LogP contribution in [0.2, 0.25) is 5.02 Å². The minimum Gasteiger partial charge on any atom is -0.497 e. The van der Waals surface area contributed by atoms with Crippen molar-refractivity contribution in [2.75, 3.05) is 17.7 Å². The first-order valence-corrected chi connectivity index (χ1v) is 14.2. The number of pyridine rings is 1. The van der Waals surface area contributed by atoms with Gasteiger partial charge in [0.2, 0.25) is 0 Å². The number of nitrogens with zero attached hydrogens (tertiary/aromatic N) is 6. The van der Waals surface area contributed by atoms with Gasteiger partial charge in [-0.3, -0.25) is 4.79 Å². The first-order chi connectivity index (χ1) is 20.4. The van der Waals surface area contributed by atoms with E-state index in [4.69, 9.17) is 16.3 Å². The number of methoxy groups -OCH3 is 1. The van der Waals surface area contributed by atoms with Gasteiger partial charge in [0.1, 0.15) is 23.6 Å². The second kappa shape index (κ2) is 11.7. The maximum absolute atomic E-state index is 13.8. The molecule has 6 rings (SSSR count). The molecule has 5 aromatic rings. The molecular formula is C31H31ClN8O2. The Morgan fingerprint density at radius 1 is 1.12 bits per heavy atom. The number of halogens is 1. The molecule has 10 nitrogen and oxygen atoms in total. The Labute approximate surface area is 248 Å². The number of nitrogens with one attached hydrogen (secondary N) is 2. The number of amides is 1. The molecular weight excluding hydrogens is 552 g/mol. The molecule has 1 aliphatic rings. The molecule has 1 amide bonds. The smallest absolute Gasteiger partial charge is 0.258 e. The summed E-state index contributed by atoms with van der Waals surface area (Å²) in [6.07, 6.45) is 7.70. The van der Waals surface area contributed by atoms with E-state index in [1.807, 2.05) is 65.6 Å². The van der Waals surface area contributed by atoms with Crippen molar-refractivity contribution in [3.8, 4) is 23.0 Å². The normalized spacial score (nSPS) is 12.9. The molecule has 0 unspecified atom stereocenters. The van der Waals surface area contributed by atoms with Gasteiger partial charge in [-0.2, -0.15) is 0 Å². The fourth-order valence-corrected chi connectivity index (χ4v) is 4.97. The molecule has 11 heteroatoms. The highest BCUT2D eigenvalue weighted by atomic mass is 35.5. The molecule has 214 valence electrons. The fraction of sp³-hybridized carbons (Fsp3) is 0.258. The summed E-state index contributed by atoms with van der Waals surface area (Å²) < 4.78 is 9.07. The number of aromatic nitrogens is 6. The molecule has 1 saturated carbocycles. The minimum absolute atomic E-state index is 0.158. The molecule has 3 heterocycles. The summed E-state index contributed by atoms with van der Waals surface area (Å²) in [5, 5.41) is 15.1. The Hall–Kier alpha value is -4.70. The number of imidazole rings is 1. The fourth-order valence-electron chi connectivity index (χ4n) is 4.71. The second-order valence-electron chi connectivity index (χ2n) is 10.5. The predicted molar refractivity (Wildman–Crippen MR) is 162 cm³/mol. The van der Waals surface area contributed by atoms with Gasteiger partial charge in [-0.1, -0.05) is 29.8 Å². The molecule has 3 aromatic heterocycles. The Morgan fingerprint density at radius 2 is 1.93 bits per heavy atom. The first-order valence-electron chi connectivity index (χ1n) is 13.8. The van der Waals surface area contributed by atoms with E-state index in [1.165, 1.54) is 0 Å². The van der Waals surface area contributed by atoms with Crippen molar-refractivity contribution < 1.29 is 9.53 Å². The summed E-state index contributed by atoms with van der Waals surface area (Å²) in [5.41, 5.74) is 4.35. The van der Waals surface area contributed by atoms with Gasteiger partial charge in [0, 0.05) is 30.4 Å². The third-order valence-electron chi connectivity index (χ3n) is 7.20. The maximum atomic E-state index is 13.8. The zero-order valence-electron chi connectivity index (χ0n) is 23.6. The van der Waals surface area contributed by atoms with Gasteiger partial charge in [0.05, 0.1) is 35.4 Å². The summed E-state index contributed by atoms with van der Waals surface area (Å²) in [6.45, 7) is 4.57. The first kappa shape index (κ1) is 27.5. The van der Waals surface area contributed by atoms with E-state index in [0.717, 1.165) is 29.8 Å². The SMILES string of the molecule is COc1ccc(CNc2cc(Cl)c(-n3cnc(C4CC4)c3)cc2C(=O)Nc2cccc(-c3nncn3C(C)C)n2)cc1. The summed E-state index contributed by atoms with van der Waals surface area (Å²) in [5.74, 6) is 1.97. The van der Waals surface area contributed by atoms with Crippen LogP contribution in [0.1, 0.15) is 60.3 Å². The summed E-state index contributed by atoms with van der Waals surface area (Å²) >= 11 is 6.78. The van der Waals surface area contributed by atoms with E-state index in [9.17, 15) is 4.79 Å². The van der Waals surface area contributed by atoms with Crippen LogP contribution in [-0.4, -0.2) is 42.3 Å². The van der Waals surface area contributed by atoms with Crippen LogP contribution in [-0.2, 0) is 6.54 Å². The van der Waals surface area contributed by atoms with Gasteiger partial charge in [0.25, 0.3) is 5.91 Å².